The predicted molar refractivity (Wildman–Crippen MR) is 80.1 cm³/mol. The number of para-hydroxylation sites is 1. The summed E-state index contributed by atoms with van der Waals surface area (Å²) in [5.41, 5.74) is 8.47. The van der Waals surface area contributed by atoms with Crippen LogP contribution in [0.15, 0.2) is 18.2 Å². The highest BCUT2D eigenvalue weighted by Crippen LogP contribution is 2.47. The van der Waals surface area contributed by atoms with Gasteiger partial charge in [-0.15, -0.1) is 0 Å². The summed E-state index contributed by atoms with van der Waals surface area (Å²) in [5.74, 6) is 1.16. The molecule has 2 aliphatic heterocycles. The molecule has 4 heteroatoms. The van der Waals surface area contributed by atoms with Crippen LogP contribution in [0.4, 0.5) is 0 Å². The molecule has 2 N–H and O–H groups in total. The van der Waals surface area contributed by atoms with E-state index in [2.05, 4.69) is 32.0 Å². The molecule has 1 saturated heterocycles. The summed E-state index contributed by atoms with van der Waals surface area (Å²) in [7, 11) is 0. The highest BCUT2D eigenvalue weighted by Gasteiger charge is 2.47. The van der Waals surface area contributed by atoms with Gasteiger partial charge in [-0.1, -0.05) is 18.2 Å². The number of rotatable bonds is 2. The first kappa shape index (κ1) is 13.1. The molecule has 0 aromatic heterocycles. The molecule has 0 bridgehead atoms. The lowest BCUT2D eigenvalue weighted by molar-refractivity contribution is -0.129. The van der Waals surface area contributed by atoms with Gasteiger partial charge in [0.25, 0.3) is 0 Å². The lowest BCUT2D eigenvalue weighted by Gasteiger charge is -2.29. The average molecular weight is 286 g/mol. The molecule has 4 rings (SSSR count). The van der Waals surface area contributed by atoms with Gasteiger partial charge >= 0.3 is 0 Å². The first-order valence-electron chi connectivity index (χ1n) is 7.84. The van der Waals surface area contributed by atoms with Crippen molar-refractivity contribution in [1.82, 2.24) is 4.90 Å². The van der Waals surface area contributed by atoms with Crippen LogP contribution >= 0.6 is 0 Å². The van der Waals surface area contributed by atoms with E-state index in [0.717, 1.165) is 30.6 Å². The first-order valence-corrected chi connectivity index (χ1v) is 7.84. The number of carbonyl (C=O) groups excluding carboxylic acids is 1. The minimum Gasteiger partial charge on any atom is -0.487 e. The molecule has 0 spiro atoms. The maximum absolute atomic E-state index is 12.3. The summed E-state index contributed by atoms with van der Waals surface area (Å²) < 4.78 is 6.18. The molecule has 1 aromatic carbocycles. The zero-order chi connectivity index (χ0) is 14.8. The number of carbonyl (C=O) groups is 1. The number of ether oxygens (including phenoxy) is 1. The van der Waals surface area contributed by atoms with Crippen LogP contribution in [0.25, 0.3) is 0 Å². The molecule has 2 heterocycles. The van der Waals surface area contributed by atoms with Gasteiger partial charge in [-0.2, -0.15) is 0 Å². The Labute approximate surface area is 125 Å². The van der Waals surface area contributed by atoms with Gasteiger partial charge in [0.05, 0.1) is 6.04 Å². The van der Waals surface area contributed by atoms with Crippen LogP contribution in [0.5, 0.6) is 5.75 Å². The number of hydrogen-bond donors (Lipinski definition) is 1. The second kappa shape index (κ2) is 4.23. The number of nitrogens with zero attached hydrogens (tertiary/aromatic N) is 1. The maximum atomic E-state index is 12.3. The molecule has 1 saturated carbocycles. The molecule has 2 unspecified atom stereocenters. The Morgan fingerprint density at radius 2 is 2.10 bits per heavy atom. The Kier molecular flexibility index (Phi) is 2.65. The number of amides is 1. The van der Waals surface area contributed by atoms with Crippen molar-refractivity contribution in [3.63, 3.8) is 0 Å². The molecule has 1 aromatic rings. The van der Waals surface area contributed by atoms with Crippen LogP contribution in [0.3, 0.4) is 0 Å². The Balaban J connectivity index is 1.77. The Hall–Kier alpha value is -1.55. The molecular formula is C17H22N2O2. The van der Waals surface area contributed by atoms with Gasteiger partial charge in [-0.05, 0) is 32.3 Å². The molecule has 4 nitrogen and oxygen atoms in total. The third-order valence-electron chi connectivity index (χ3n) is 4.78. The first-order chi connectivity index (χ1) is 9.96. The maximum Gasteiger partial charge on any atom is 0.225 e. The van der Waals surface area contributed by atoms with E-state index >= 15 is 0 Å². The predicted octanol–water partition coefficient (Wildman–Crippen LogP) is 2.16. The fourth-order valence-electron chi connectivity index (χ4n) is 3.82. The van der Waals surface area contributed by atoms with Gasteiger partial charge in [0.2, 0.25) is 5.91 Å². The average Bonchev–Trinajstić information content (AvgIpc) is 3.10. The lowest BCUT2D eigenvalue weighted by atomic mass is 9.95. The summed E-state index contributed by atoms with van der Waals surface area (Å²) in [6, 6.07) is 6.52. The fraction of sp³-hybridized carbons (Fsp3) is 0.588. The van der Waals surface area contributed by atoms with E-state index in [1.807, 2.05) is 4.90 Å². The Bertz CT molecular complexity index is 607. The number of nitrogens with two attached hydrogens (primary N) is 1. The molecule has 0 radical (unpaired) electrons. The number of benzene rings is 1. The van der Waals surface area contributed by atoms with Crippen LogP contribution in [-0.2, 0) is 11.2 Å². The summed E-state index contributed by atoms with van der Waals surface area (Å²) in [5, 5.41) is 0. The smallest absolute Gasteiger partial charge is 0.225 e. The van der Waals surface area contributed by atoms with Gasteiger partial charge in [0.15, 0.2) is 0 Å². The van der Waals surface area contributed by atoms with Crippen LogP contribution in [0.1, 0.15) is 50.3 Å². The number of fused-ring (bicyclic) bond motifs is 1. The quantitative estimate of drug-likeness (QED) is 0.906. The van der Waals surface area contributed by atoms with E-state index in [-0.39, 0.29) is 23.6 Å². The van der Waals surface area contributed by atoms with E-state index in [1.54, 1.807) is 0 Å². The molecule has 3 aliphatic rings. The Morgan fingerprint density at radius 1 is 1.33 bits per heavy atom. The molecule has 2 fully saturated rings. The minimum atomic E-state index is -0.171. The lowest BCUT2D eigenvalue weighted by Crippen LogP contribution is -2.35. The van der Waals surface area contributed by atoms with E-state index in [0.29, 0.717) is 12.5 Å². The summed E-state index contributed by atoms with van der Waals surface area (Å²) in [6.07, 6.45) is 3.58. The van der Waals surface area contributed by atoms with Gasteiger partial charge in [-0.25, -0.2) is 0 Å². The van der Waals surface area contributed by atoms with E-state index in [4.69, 9.17) is 10.5 Å². The largest absolute Gasteiger partial charge is 0.487 e. The van der Waals surface area contributed by atoms with Crippen molar-refractivity contribution in [1.29, 1.82) is 0 Å². The topological polar surface area (TPSA) is 55.6 Å². The molecule has 21 heavy (non-hydrogen) atoms. The van der Waals surface area contributed by atoms with Crippen LogP contribution < -0.4 is 10.5 Å². The second-order valence-corrected chi connectivity index (χ2v) is 7.22. The van der Waals surface area contributed by atoms with Gasteiger partial charge in [0, 0.05) is 30.5 Å². The SMILES string of the molecule is CC1(C)Cc2cccc(C3C(N)CC(=O)N3C3CC3)c2O1. The van der Waals surface area contributed by atoms with E-state index in [9.17, 15) is 4.79 Å². The third-order valence-corrected chi connectivity index (χ3v) is 4.78. The highest BCUT2D eigenvalue weighted by molar-refractivity contribution is 5.81. The van der Waals surface area contributed by atoms with Crippen molar-refractivity contribution < 1.29 is 9.53 Å². The minimum absolute atomic E-state index is 0.0196. The fourth-order valence-corrected chi connectivity index (χ4v) is 3.82. The number of likely N-dealkylation sites (tertiary alicyclic amines) is 1. The second-order valence-electron chi connectivity index (χ2n) is 7.22. The van der Waals surface area contributed by atoms with Crippen LogP contribution in [0, 0.1) is 0 Å². The van der Waals surface area contributed by atoms with Crippen molar-refractivity contribution in [3.05, 3.63) is 29.3 Å². The number of hydrogen-bond acceptors (Lipinski definition) is 3. The van der Waals surface area contributed by atoms with Gasteiger partial charge in [0.1, 0.15) is 11.4 Å². The van der Waals surface area contributed by atoms with Crippen molar-refractivity contribution in [2.75, 3.05) is 0 Å². The normalized spacial score (nSPS) is 30.4. The van der Waals surface area contributed by atoms with E-state index < -0.39 is 0 Å². The van der Waals surface area contributed by atoms with Gasteiger partial charge in [-0.3, -0.25) is 4.79 Å². The Morgan fingerprint density at radius 3 is 2.81 bits per heavy atom. The van der Waals surface area contributed by atoms with Gasteiger partial charge < -0.3 is 15.4 Å². The molecule has 112 valence electrons. The monoisotopic (exact) mass is 286 g/mol. The molecular weight excluding hydrogens is 264 g/mol. The van der Waals surface area contributed by atoms with Crippen molar-refractivity contribution in [2.45, 2.75) is 63.3 Å². The third kappa shape index (κ3) is 2.04. The zero-order valence-corrected chi connectivity index (χ0v) is 12.6. The van der Waals surface area contributed by atoms with Crippen LogP contribution in [-0.4, -0.2) is 28.5 Å². The molecule has 2 atom stereocenters. The standard InChI is InChI=1S/C17H22N2O2/c1-17(2)9-10-4-3-5-12(16(10)21-17)15-13(18)8-14(20)19(15)11-6-7-11/h3-5,11,13,15H,6-9,18H2,1-2H3. The van der Waals surface area contributed by atoms with Crippen molar-refractivity contribution in [2.24, 2.45) is 5.73 Å². The summed E-state index contributed by atoms with van der Waals surface area (Å²) in [6.45, 7) is 4.21. The molecule has 1 aliphatic carbocycles. The van der Waals surface area contributed by atoms with Crippen molar-refractivity contribution in [3.8, 4) is 5.75 Å². The molecule has 1 amide bonds. The zero-order valence-electron chi connectivity index (χ0n) is 12.6. The van der Waals surface area contributed by atoms with Crippen LogP contribution in [0.2, 0.25) is 0 Å². The summed E-state index contributed by atoms with van der Waals surface area (Å²) in [4.78, 5) is 14.3. The highest BCUT2D eigenvalue weighted by atomic mass is 16.5. The van der Waals surface area contributed by atoms with E-state index in [1.165, 1.54) is 5.56 Å². The van der Waals surface area contributed by atoms with Crippen molar-refractivity contribution >= 4 is 5.91 Å². The summed E-state index contributed by atoms with van der Waals surface area (Å²) >= 11 is 0.